The number of rotatable bonds is 69. The fourth-order valence-corrected chi connectivity index (χ4v) is 12.9. The maximum absolute atomic E-state index is 13.4. The van der Waals surface area contributed by atoms with Crippen molar-refractivity contribution in [3.05, 3.63) is 146 Å². The topological polar surface area (TPSA) is 228 Å². The van der Waals surface area contributed by atoms with Crippen LogP contribution in [0.25, 0.3) is 0 Å². The zero-order valence-electron chi connectivity index (χ0n) is 65.5. The summed E-state index contributed by atoms with van der Waals surface area (Å²) in [6, 6.07) is -0.947. The van der Waals surface area contributed by atoms with Gasteiger partial charge in [0.15, 0.2) is 12.6 Å². The van der Waals surface area contributed by atoms with Crippen LogP contribution in [0.4, 0.5) is 0 Å². The van der Waals surface area contributed by atoms with Crippen LogP contribution in [-0.2, 0) is 23.7 Å². The van der Waals surface area contributed by atoms with E-state index in [1.54, 1.807) is 6.08 Å². The molecule has 9 N–H and O–H groups in total. The lowest BCUT2D eigenvalue weighted by Crippen LogP contribution is -2.65. The number of aliphatic hydroxyl groups is 8. The first-order chi connectivity index (χ1) is 51.1. The molecular formula is C90H153NO13. The molecule has 0 radical (unpaired) electrons. The van der Waals surface area contributed by atoms with Gasteiger partial charge in [-0.2, -0.15) is 0 Å². The molecule has 0 bridgehead atoms. The third-order valence-corrected chi connectivity index (χ3v) is 19.5. The highest BCUT2D eigenvalue weighted by molar-refractivity contribution is 5.76. The van der Waals surface area contributed by atoms with Gasteiger partial charge < -0.3 is 65.1 Å². The standard InChI is InChI=1S/C90H153NO13/c1-3-5-7-9-11-13-15-17-19-21-23-25-27-29-31-33-35-37-38-39-40-42-44-46-48-50-52-54-56-58-60-62-64-66-68-70-72-74-82(95)91-78(77-101-89-87(100)85(98)88(81(76-93)103-89)104-90-86(99)84(97)83(96)80(75-92)102-90)79(94)73-71-69-67-65-63-61-59-57-55-53-51-49-47-45-43-41-36-34-32-30-28-26-24-22-20-18-16-14-12-10-8-6-4-2/h5,7,11,13,17,19,23,25,29,31,35,37,39-40,44,46,50,52,56,58,62,64,71,73,78-81,83-90,92-94,96-100H,3-4,6,8-10,12,14-16,18,20-22,24,26-28,30,32-34,36,38,41-43,45,47-49,51,53-55,57,59-61,63,65-70,72,74-77H2,1-2H3,(H,91,95)/b7-5-,13-11-,19-17-,25-23-,31-29-,37-35-,40-39-,46-44-,52-50-,58-56-,64-62-,73-71+. The van der Waals surface area contributed by atoms with Gasteiger partial charge in [-0.25, -0.2) is 0 Å². The average Bonchev–Trinajstić information content (AvgIpc) is 0.790. The summed E-state index contributed by atoms with van der Waals surface area (Å²) in [5, 5.41) is 87.7. The summed E-state index contributed by atoms with van der Waals surface area (Å²) in [6.07, 6.45) is 92.2. The van der Waals surface area contributed by atoms with Crippen LogP contribution in [0.3, 0.4) is 0 Å². The third-order valence-electron chi connectivity index (χ3n) is 19.5. The Morgan fingerprint density at radius 2 is 0.663 bits per heavy atom. The lowest BCUT2D eigenvalue weighted by atomic mass is 9.97. The number of carbonyl (C=O) groups is 1. The zero-order chi connectivity index (χ0) is 75.1. The van der Waals surface area contributed by atoms with Gasteiger partial charge in [0, 0.05) is 6.42 Å². The fourth-order valence-electron chi connectivity index (χ4n) is 12.9. The number of nitrogens with one attached hydrogen (secondary N) is 1. The molecule has 0 aromatic rings. The van der Waals surface area contributed by atoms with Crippen molar-refractivity contribution in [2.45, 2.75) is 396 Å². The minimum absolute atomic E-state index is 0.232. The molecule has 0 aromatic carbocycles. The Morgan fingerprint density at radius 3 is 1.02 bits per heavy atom. The second-order valence-electron chi connectivity index (χ2n) is 28.9. The van der Waals surface area contributed by atoms with E-state index in [-0.39, 0.29) is 18.9 Å². The monoisotopic (exact) mass is 1460 g/mol. The second-order valence-corrected chi connectivity index (χ2v) is 28.9. The molecule has 14 nitrogen and oxygen atoms in total. The van der Waals surface area contributed by atoms with E-state index < -0.39 is 86.8 Å². The molecule has 0 aliphatic carbocycles. The van der Waals surface area contributed by atoms with Gasteiger partial charge in [0.2, 0.25) is 5.91 Å². The average molecular weight is 1460 g/mol. The van der Waals surface area contributed by atoms with Crippen LogP contribution in [0, 0.1) is 0 Å². The Balaban J connectivity index is 1.65. The highest BCUT2D eigenvalue weighted by atomic mass is 16.7. The molecular weight excluding hydrogens is 1300 g/mol. The number of unbranched alkanes of at least 4 members (excludes halogenated alkanes) is 34. The van der Waals surface area contributed by atoms with E-state index in [1.807, 2.05) is 6.08 Å². The number of amides is 1. The van der Waals surface area contributed by atoms with Gasteiger partial charge >= 0.3 is 0 Å². The Hall–Kier alpha value is -4.13. The second kappa shape index (κ2) is 71.8. The van der Waals surface area contributed by atoms with E-state index in [4.69, 9.17) is 18.9 Å². The molecule has 0 aromatic heterocycles. The van der Waals surface area contributed by atoms with Gasteiger partial charge in [-0.3, -0.25) is 4.79 Å². The molecule has 12 unspecified atom stereocenters. The fraction of sp³-hybridized carbons (Fsp3) is 0.722. The first kappa shape index (κ1) is 95.9. The van der Waals surface area contributed by atoms with E-state index in [2.05, 4.69) is 153 Å². The minimum Gasteiger partial charge on any atom is -0.394 e. The SMILES string of the molecule is CC/C=C\C/C=C\C/C=C\C/C=C\C/C=C\C/C=C\C/C=C\C/C=C\C/C=C\C/C=C\C/C=C\CCCCCC(=O)NC(COC1OC(CO)C(OC2OC(CO)C(O)C(O)C2O)C(O)C1O)C(O)/C=C/CCCCCCCCCCCCCCCCCCCCCCCCCCCCCCCCC. The zero-order valence-corrected chi connectivity index (χ0v) is 65.5. The van der Waals surface area contributed by atoms with Gasteiger partial charge in [0.1, 0.15) is 48.8 Å². The van der Waals surface area contributed by atoms with E-state index >= 15 is 0 Å². The number of allylic oxidation sites excluding steroid dienone is 23. The summed E-state index contributed by atoms with van der Waals surface area (Å²) in [7, 11) is 0. The molecule has 1 amide bonds. The molecule has 2 saturated heterocycles. The summed E-state index contributed by atoms with van der Waals surface area (Å²) >= 11 is 0. The van der Waals surface area contributed by atoms with Crippen LogP contribution in [0.15, 0.2) is 146 Å². The molecule has 2 aliphatic heterocycles. The van der Waals surface area contributed by atoms with Gasteiger partial charge in [0.25, 0.3) is 0 Å². The van der Waals surface area contributed by atoms with Crippen molar-refractivity contribution in [2.75, 3.05) is 19.8 Å². The number of hydrogen-bond donors (Lipinski definition) is 9. The highest BCUT2D eigenvalue weighted by Gasteiger charge is 2.51. The predicted molar refractivity (Wildman–Crippen MR) is 433 cm³/mol. The van der Waals surface area contributed by atoms with Crippen LogP contribution in [-0.4, -0.2) is 140 Å². The van der Waals surface area contributed by atoms with Crippen LogP contribution >= 0.6 is 0 Å². The normalized spacial score (nSPS) is 22.2. The summed E-state index contributed by atoms with van der Waals surface area (Å²) < 4.78 is 22.9. The van der Waals surface area contributed by atoms with Crippen LogP contribution in [0.5, 0.6) is 0 Å². The minimum atomic E-state index is -1.80. The largest absolute Gasteiger partial charge is 0.394 e. The van der Waals surface area contributed by atoms with Gasteiger partial charge in [-0.1, -0.05) is 359 Å². The summed E-state index contributed by atoms with van der Waals surface area (Å²) in [5.74, 6) is -0.273. The number of aliphatic hydroxyl groups excluding tert-OH is 8. The van der Waals surface area contributed by atoms with Gasteiger partial charge in [-0.05, 0) is 103 Å². The predicted octanol–water partition coefficient (Wildman–Crippen LogP) is 19.9. The Kier molecular flexibility index (Phi) is 66.2. The van der Waals surface area contributed by atoms with Crippen molar-refractivity contribution in [3.8, 4) is 0 Å². The smallest absolute Gasteiger partial charge is 0.220 e. The quantitative estimate of drug-likeness (QED) is 0.0204. The molecule has 14 heteroatoms. The maximum atomic E-state index is 13.4. The summed E-state index contributed by atoms with van der Waals surface area (Å²) in [4.78, 5) is 13.4. The lowest BCUT2D eigenvalue weighted by Gasteiger charge is -2.46. The number of hydrogen-bond acceptors (Lipinski definition) is 13. The number of ether oxygens (including phenoxy) is 4. The Labute approximate surface area is 633 Å². The van der Waals surface area contributed by atoms with Crippen molar-refractivity contribution in [3.63, 3.8) is 0 Å². The van der Waals surface area contributed by atoms with Crippen molar-refractivity contribution in [2.24, 2.45) is 0 Å². The van der Waals surface area contributed by atoms with E-state index in [1.165, 1.54) is 186 Å². The third kappa shape index (κ3) is 53.6. The first-order valence-electron chi connectivity index (χ1n) is 42.1. The molecule has 104 heavy (non-hydrogen) atoms. The summed E-state index contributed by atoms with van der Waals surface area (Å²) in [6.45, 7) is 2.69. The van der Waals surface area contributed by atoms with Gasteiger partial charge in [-0.15, -0.1) is 0 Å². The Bertz CT molecular complexity index is 2320. The van der Waals surface area contributed by atoms with Gasteiger partial charge in [0.05, 0.1) is 32.0 Å². The molecule has 12 atom stereocenters. The summed E-state index contributed by atoms with van der Waals surface area (Å²) in [5.41, 5.74) is 0. The van der Waals surface area contributed by atoms with Crippen LogP contribution < -0.4 is 5.32 Å². The van der Waals surface area contributed by atoms with Crippen LogP contribution in [0.1, 0.15) is 322 Å². The molecule has 0 spiro atoms. The van der Waals surface area contributed by atoms with Crippen molar-refractivity contribution in [1.29, 1.82) is 0 Å². The number of carbonyl (C=O) groups excluding carboxylic acids is 1. The lowest BCUT2D eigenvalue weighted by molar-refractivity contribution is -0.359. The van der Waals surface area contributed by atoms with Crippen molar-refractivity contribution >= 4 is 5.91 Å². The highest BCUT2D eigenvalue weighted by Crippen LogP contribution is 2.30. The molecule has 2 heterocycles. The van der Waals surface area contributed by atoms with E-state index in [0.29, 0.717) is 6.42 Å². The molecule has 2 aliphatic rings. The molecule has 596 valence electrons. The molecule has 2 rings (SSSR count). The van der Waals surface area contributed by atoms with E-state index in [9.17, 15) is 45.6 Å². The maximum Gasteiger partial charge on any atom is 0.220 e. The first-order valence-corrected chi connectivity index (χ1v) is 42.1. The van der Waals surface area contributed by atoms with Crippen molar-refractivity contribution < 1.29 is 64.6 Å². The molecule has 2 fully saturated rings. The van der Waals surface area contributed by atoms with E-state index in [0.717, 1.165) is 109 Å². The Morgan fingerprint density at radius 1 is 0.356 bits per heavy atom. The van der Waals surface area contributed by atoms with Crippen molar-refractivity contribution in [1.82, 2.24) is 5.32 Å². The molecule has 0 saturated carbocycles. The van der Waals surface area contributed by atoms with Crippen LogP contribution in [0.2, 0.25) is 0 Å².